The molecule has 4 aromatic rings. The van der Waals surface area contributed by atoms with Crippen LogP contribution < -0.4 is 11.1 Å². The molecule has 0 aliphatic heterocycles. The summed E-state index contributed by atoms with van der Waals surface area (Å²) in [6, 6.07) is 3.54. The van der Waals surface area contributed by atoms with E-state index in [1.165, 1.54) is 30.0 Å². The predicted molar refractivity (Wildman–Crippen MR) is 122 cm³/mol. The second kappa shape index (κ2) is 9.26. The first kappa shape index (κ1) is 22.8. The molecule has 1 aliphatic rings. The predicted octanol–water partition coefficient (Wildman–Crippen LogP) is 3.74. The number of alkyl halides is 2. The molecule has 9 nitrogen and oxygen atoms in total. The normalized spacial score (nSPS) is 16.4. The van der Waals surface area contributed by atoms with E-state index < -0.39 is 12.8 Å². The molecule has 0 bridgehead atoms. The second-order valence-electron chi connectivity index (χ2n) is 8.45. The van der Waals surface area contributed by atoms with Crippen molar-refractivity contribution in [1.29, 1.82) is 0 Å². The number of aromatic nitrogens is 6. The summed E-state index contributed by atoms with van der Waals surface area (Å²) in [7, 11) is 1.72. The van der Waals surface area contributed by atoms with E-state index in [-0.39, 0.29) is 22.8 Å². The lowest BCUT2D eigenvalue weighted by atomic mass is 9.87. The SMILES string of the molecule is CC1(O)CCCCC1.CNc1nc(N)nn2ccc(-c3ccn4ncc(C(F)CF)c4n3)c12. The summed E-state index contributed by atoms with van der Waals surface area (Å²) < 4.78 is 29.5. The third kappa shape index (κ3) is 4.72. The number of rotatable bonds is 4. The molecular formula is C22H28F2N8O. The van der Waals surface area contributed by atoms with Gasteiger partial charge in [0.05, 0.1) is 23.1 Å². The number of nitrogen functional groups attached to an aromatic ring is 1. The lowest BCUT2D eigenvalue weighted by molar-refractivity contribution is 0.0225. The lowest BCUT2D eigenvalue weighted by Gasteiger charge is -2.27. The summed E-state index contributed by atoms with van der Waals surface area (Å²) in [5.41, 5.74) is 7.72. The number of nitrogens with two attached hydrogens (primary N) is 1. The van der Waals surface area contributed by atoms with Gasteiger partial charge in [-0.1, -0.05) is 19.3 Å². The van der Waals surface area contributed by atoms with Gasteiger partial charge in [0.25, 0.3) is 0 Å². The van der Waals surface area contributed by atoms with Gasteiger partial charge in [-0.2, -0.15) is 10.1 Å². The number of nitrogens with one attached hydrogen (secondary N) is 1. The molecule has 0 spiro atoms. The molecule has 0 radical (unpaired) electrons. The van der Waals surface area contributed by atoms with Crippen molar-refractivity contribution < 1.29 is 13.9 Å². The maximum absolute atomic E-state index is 13.8. The Morgan fingerprint density at radius 1 is 1.18 bits per heavy atom. The van der Waals surface area contributed by atoms with Crippen LogP contribution in [0.4, 0.5) is 20.5 Å². The molecule has 1 saturated carbocycles. The van der Waals surface area contributed by atoms with Gasteiger partial charge in [-0.05, 0) is 31.9 Å². The van der Waals surface area contributed by atoms with Gasteiger partial charge in [-0.15, -0.1) is 5.10 Å². The molecule has 33 heavy (non-hydrogen) atoms. The van der Waals surface area contributed by atoms with E-state index in [9.17, 15) is 13.9 Å². The number of hydrogen-bond acceptors (Lipinski definition) is 7. The maximum atomic E-state index is 13.8. The minimum atomic E-state index is -1.76. The quantitative estimate of drug-likeness (QED) is 0.426. The highest BCUT2D eigenvalue weighted by Crippen LogP contribution is 2.30. The van der Waals surface area contributed by atoms with Crippen LogP contribution in [0.1, 0.15) is 50.8 Å². The van der Waals surface area contributed by atoms with Crippen molar-refractivity contribution in [2.24, 2.45) is 0 Å². The highest BCUT2D eigenvalue weighted by Gasteiger charge is 2.22. The maximum Gasteiger partial charge on any atom is 0.240 e. The van der Waals surface area contributed by atoms with Crippen molar-refractivity contribution in [3.05, 3.63) is 36.3 Å². The fraction of sp³-hybridized carbons (Fsp3) is 0.455. The number of halogens is 2. The monoisotopic (exact) mass is 458 g/mol. The smallest absolute Gasteiger partial charge is 0.240 e. The highest BCUT2D eigenvalue weighted by molar-refractivity contribution is 5.87. The molecule has 1 fully saturated rings. The Labute approximate surface area is 189 Å². The molecule has 0 saturated heterocycles. The van der Waals surface area contributed by atoms with Crippen molar-refractivity contribution in [1.82, 2.24) is 29.2 Å². The first-order valence-corrected chi connectivity index (χ1v) is 10.9. The van der Waals surface area contributed by atoms with E-state index in [0.717, 1.165) is 18.4 Å². The Balaban J connectivity index is 0.000000275. The van der Waals surface area contributed by atoms with Gasteiger partial charge in [0.15, 0.2) is 17.6 Å². The molecule has 5 rings (SSSR count). The standard InChI is InChI=1S/C15H14F2N8.C7H14O/c1-19-13-12-8(2-4-24(12)23-15(18)22-13)11-3-5-25-14(21-11)9(7-20-25)10(17)6-16;1-7(8)5-3-2-4-6-7/h2-5,7,10H,6H2,1H3,(H3,18,19,22,23);8H,2-6H2,1H3. The summed E-state index contributed by atoms with van der Waals surface area (Å²) in [5, 5.41) is 20.5. The Hall–Kier alpha value is -3.34. The van der Waals surface area contributed by atoms with E-state index in [1.807, 2.05) is 6.92 Å². The van der Waals surface area contributed by atoms with Gasteiger partial charge < -0.3 is 16.2 Å². The van der Waals surface area contributed by atoms with Crippen LogP contribution in [0.25, 0.3) is 22.4 Å². The van der Waals surface area contributed by atoms with Crippen LogP contribution in [-0.4, -0.2) is 53.6 Å². The van der Waals surface area contributed by atoms with Crippen molar-refractivity contribution in [3.63, 3.8) is 0 Å². The van der Waals surface area contributed by atoms with Crippen LogP contribution in [0.2, 0.25) is 0 Å². The molecule has 0 aromatic carbocycles. The van der Waals surface area contributed by atoms with Crippen molar-refractivity contribution in [2.75, 3.05) is 24.8 Å². The van der Waals surface area contributed by atoms with Crippen LogP contribution in [-0.2, 0) is 0 Å². The van der Waals surface area contributed by atoms with Gasteiger partial charge in [-0.25, -0.2) is 22.8 Å². The largest absolute Gasteiger partial charge is 0.390 e. The Morgan fingerprint density at radius 3 is 2.55 bits per heavy atom. The van der Waals surface area contributed by atoms with Crippen molar-refractivity contribution in [3.8, 4) is 11.3 Å². The molecule has 11 heteroatoms. The molecule has 1 atom stereocenters. The molecule has 4 N–H and O–H groups in total. The zero-order valence-electron chi connectivity index (χ0n) is 18.7. The zero-order valence-corrected chi connectivity index (χ0v) is 18.7. The highest BCUT2D eigenvalue weighted by atomic mass is 19.2. The first-order valence-electron chi connectivity index (χ1n) is 10.9. The van der Waals surface area contributed by atoms with Gasteiger partial charge in [0, 0.05) is 25.0 Å². The average molecular weight is 459 g/mol. The van der Waals surface area contributed by atoms with Crippen LogP contribution in [0, 0.1) is 0 Å². The van der Waals surface area contributed by atoms with E-state index in [1.54, 1.807) is 36.1 Å². The Morgan fingerprint density at radius 2 is 1.91 bits per heavy atom. The minimum Gasteiger partial charge on any atom is -0.390 e. The van der Waals surface area contributed by atoms with Gasteiger partial charge >= 0.3 is 0 Å². The van der Waals surface area contributed by atoms with E-state index in [4.69, 9.17) is 5.73 Å². The third-order valence-corrected chi connectivity index (χ3v) is 5.84. The van der Waals surface area contributed by atoms with Crippen LogP contribution in [0.3, 0.4) is 0 Å². The number of hydrogen-bond donors (Lipinski definition) is 3. The van der Waals surface area contributed by atoms with Crippen LogP contribution in [0.5, 0.6) is 0 Å². The lowest BCUT2D eigenvalue weighted by Crippen LogP contribution is -2.26. The summed E-state index contributed by atoms with van der Waals surface area (Å²) in [5.74, 6) is 0.665. The zero-order chi connectivity index (χ0) is 23.6. The van der Waals surface area contributed by atoms with Gasteiger partial charge in [-0.3, -0.25) is 0 Å². The first-order chi connectivity index (χ1) is 15.8. The van der Waals surface area contributed by atoms with Crippen LogP contribution in [0.15, 0.2) is 30.7 Å². The summed E-state index contributed by atoms with van der Waals surface area (Å²) in [6.45, 7) is 0.811. The summed E-state index contributed by atoms with van der Waals surface area (Å²) >= 11 is 0. The molecule has 4 heterocycles. The number of aliphatic hydroxyl groups is 1. The van der Waals surface area contributed by atoms with E-state index >= 15 is 0 Å². The molecule has 0 amide bonds. The summed E-state index contributed by atoms with van der Waals surface area (Å²) in [6.07, 6.45) is 8.66. The number of anilines is 2. The molecular weight excluding hydrogens is 430 g/mol. The van der Waals surface area contributed by atoms with Crippen molar-refractivity contribution in [2.45, 2.75) is 50.8 Å². The minimum absolute atomic E-state index is 0.113. The molecule has 176 valence electrons. The Kier molecular flexibility index (Phi) is 6.41. The summed E-state index contributed by atoms with van der Waals surface area (Å²) in [4.78, 5) is 8.63. The van der Waals surface area contributed by atoms with Crippen molar-refractivity contribution >= 4 is 22.9 Å². The third-order valence-electron chi connectivity index (χ3n) is 5.84. The van der Waals surface area contributed by atoms with E-state index in [0.29, 0.717) is 17.0 Å². The molecule has 1 aliphatic carbocycles. The van der Waals surface area contributed by atoms with E-state index in [2.05, 4.69) is 25.5 Å². The number of nitrogens with zero attached hydrogens (tertiary/aromatic N) is 6. The average Bonchev–Trinajstić information content (AvgIpc) is 3.42. The second-order valence-corrected chi connectivity index (χ2v) is 8.45. The van der Waals surface area contributed by atoms with Gasteiger partial charge in [0.1, 0.15) is 12.2 Å². The fourth-order valence-corrected chi connectivity index (χ4v) is 4.08. The molecule has 1 unspecified atom stereocenters. The van der Waals surface area contributed by atoms with Crippen LogP contribution >= 0.6 is 0 Å². The fourth-order valence-electron chi connectivity index (χ4n) is 4.08. The molecule has 4 aromatic heterocycles. The topological polar surface area (TPSA) is 119 Å². The van der Waals surface area contributed by atoms with Gasteiger partial charge in [0.2, 0.25) is 5.95 Å². The Bertz CT molecular complexity index is 1240. The number of fused-ring (bicyclic) bond motifs is 2.